The fourth-order valence-electron chi connectivity index (χ4n) is 4.35. The Morgan fingerprint density at radius 2 is 1.39 bits per heavy atom. The van der Waals surface area contributed by atoms with Crippen LogP contribution in [0.25, 0.3) is 5.57 Å². The van der Waals surface area contributed by atoms with Crippen LogP contribution in [-0.2, 0) is 10.3 Å². The predicted octanol–water partition coefficient (Wildman–Crippen LogP) is 4.81. The molecule has 1 unspecified atom stereocenters. The van der Waals surface area contributed by atoms with E-state index in [1.54, 1.807) is 0 Å². The Bertz CT molecular complexity index is 983. The lowest BCUT2D eigenvalue weighted by atomic mass is 9.63. The first-order valence-electron chi connectivity index (χ1n) is 9.49. The van der Waals surface area contributed by atoms with Crippen LogP contribution in [0.15, 0.2) is 97.1 Å². The predicted molar refractivity (Wildman–Crippen MR) is 112 cm³/mol. The molecule has 3 aromatic rings. The highest BCUT2D eigenvalue weighted by atomic mass is 16.4. The van der Waals surface area contributed by atoms with E-state index in [0.717, 1.165) is 22.3 Å². The molecule has 140 valence electrons. The summed E-state index contributed by atoms with van der Waals surface area (Å²) in [7, 11) is 0. The largest absolute Gasteiger partial charge is 0.481 e. The molecule has 0 saturated carbocycles. The number of nitrogens with two attached hydrogens (primary N) is 1. The van der Waals surface area contributed by atoms with Crippen molar-refractivity contribution >= 4 is 11.5 Å². The molecule has 0 bridgehead atoms. The molecule has 0 aromatic heterocycles. The van der Waals surface area contributed by atoms with E-state index in [0.29, 0.717) is 6.42 Å². The number of aliphatic carboxylic acids is 1. The summed E-state index contributed by atoms with van der Waals surface area (Å²) in [6, 6.07) is 29.5. The normalized spacial score (nSPS) is 24.4. The first-order chi connectivity index (χ1) is 13.6. The third kappa shape index (κ3) is 3.25. The van der Waals surface area contributed by atoms with Gasteiger partial charge < -0.3 is 10.8 Å². The molecule has 0 amide bonds. The number of allylic oxidation sites excluding steroid dienone is 1. The van der Waals surface area contributed by atoms with E-state index in [9.17, 15) is 9.90 Å². The topological polar surface area (TPSA) is 63.3 Å². The van der Waals surface area contributed by atoms with Crippen LogP contribution in [0.5, 0.6) is 0 Å². The molecule has 1 aliphatic rings. The first kappa shape index (κ1) is 18.2. The van der Waals surface area contributed by atoms with E-state index in [1.807, 2.05) is 84.9 Å². The number of benzene rings is 3. The number of hydrogen-bond donors (Lipinski definition) is 2. The highest BCUT2D eigenvalue weighted by molar-refractivity contribution is 5.80. The maximum Gasteiger partial charge on any atom is 0.309 e. The Balaban J connectivity index is 1.93. The summed E-state index contributed by atoms with van der Waals surface area (Å²) in [5, 5.41) is 10.2. The molecule has 4 rings (SSSR count). The Morgan fingerprint density at radius 3 is 1.96 bits per heavy atom. The van der Waals surface area contributed by atoms with Gasteiger partial charge >= 0.3 is 5.97 Å². The zero-order chi connectivity index (χ0) is 19.6. The molecule has 28 heavy (non-hydrogen) atoms. The Kier molecular flexibility index (Phi) is 4.84. The summed E-state index contributed by atoms with van der Waals surface area (Å²) in [4.78, 5) is 12.5. The lowest BCUT2D eigenvalue weighted by Gasteiger charge is -2.43. The van der Waals surface area contributed by atoms with E-state index in [4.69, 9.17) is 5.73 Å². The number of carbonyl (C=O) groups is 1. The van der Waals surface area contributed by atoms with Gasteiger partial charge in [-0.3, -0.25) is 4.79 Å². The van der Waals surface area contributed by atoms with E-state index in [2.05, 4.69) is 12.1 Å². The summed E-state index contributed by atoms with van der Waals surface area (Å²) >= 11 is 0. The minimum atomic E-state index is -1.10. The second-order valence-electron chi connectivity index (χ2n) is 7.37. The van der Waals surface area contributed by atoms with Gasteiger partial charge in [0, 0.05) is 5.92 Å². The quantitative estimate of drug-likeness (QED) is 0.693. The van der Waals surface area contributed by atoms with E-state index in [-0.39, 0.29) is 5.92 Å². The van der Waals surface area contributed by atoms with Crippen molar-refractivity contribution in [2.45, 2.75) is 17.9 Å². The number of hydrogen-bond acceptors (Lipinski definition) is 2. The van der Waals surface area contributed by atoms with Crippen LogP contribution in [0.1, 0.15) is 29.0 Å². The van der Waals surface area contributed by atoms with Gasteiger partial charge in [-0.25, -0.2) is 0 Å². The lowest BCUT2D eigenvalue weighted by Crippen LogP contribution is -2.51. The van der Waals surface area contributed by atoms with Crippen LogP contribution in [0.3, 0.4) is 0 Å². The van der Waals surface area contributed by atoms with Gasteiger partial charge in [-0.15, -0.1) is 0 Å². The Labute approximate surface area is 165 Å². The Morgan fingerprint density at radius 1 is 0.857 bits per heavy atom. The van der Waals surface area contributed by atoms with Gasteiger partial charge in [0.15, 0.2) is 0 Å². The van der Waals surface area contributed by atoms with Gasteiger partial charge in [-0.1, -0.05) is 97.1 Å². The van der Waals surface area contributed by atoms with E-state index >= 15 is 0 Å². The molecular weight excluding hydrogens is 346 g/mol. The van der Waals surface area contributed by atoms with Crippen molar-refractivity contribution in [1.82, 2.24) is 0 Å². The summed E-state index contributed by atoms with van der Waals surface area (Å²) < 4.78 is 0. The van der Waals surface area contributed by atoms with Crippen molar-refractivity contribution in [2.75, 3.05) is 0 Å². The molecule has 0 fully saturated rings. The molecule has 0 saturated heterocycles. The molecular formula is C25H23NO2. The zero-order valence-electron chi connectivity index (χ0n) is 15.5. The highest BCUT2D eigenvalue weighted by Crippen LogP contribution is 2.48. The summed E-state index contributed by atoms with van der Waals surface area (Å²) in [6.45, 7) is 0. The average molecular weight is 369 g/mol. The Hall–Kier alpha value is -3.17. The minimum absolute atomic E-state index is 0.218. The molecule has 0 radical (unpaired) electrons. The van der Waals surface area contributed by atoms with Crippen molar-refractivity contribution in [3.8, 4) is 0 Å². The van der Waals surface area contributed by atoms with Crippen molar-refractivity contribution in [2.24, 2.45) is 11.7 Å². The molecule has 3 N–H and O–H groups in total. The van der Waals surface area contributed by atoms with Gasteiger partial charge in [0.1, 0.15) is 0 Å². The van der Waals surface area contributed by atoms with Gasteiger partial charge in [-0.2, -0.15) is 0 Å². The van der Waals surface area contributed by atoms with Gasteiger partial charge in [0.2, 0.25) is 0 Å². The summed E-state index contributed by atoms with van der Waals surface area (Å²) in [6.07, 6.45) is 2.60. The van der Waals surface area contributed by atoms with E-state index < -0.39 is 17.4 Å². The number of rotatable bonds is 4. The third-order valence-electron chi connectivity index (χ3n) is 5.68. The molecule has 3 nitrogen and oxygen atoms in total. The van der Waals surface area contributed by atoms with Crippen LogP contribution in [0.2, 0.25) is 0 Å². The maximum atomic E-state index is 12.5. The molecule has 0 heterocycles. The zero-order valence-corrected chi connectivity index (χ0v) is 15.5. The van der Waals surface area contributed by atoms with E-state index in [1.165, 1.54) is 0 Å². The lowest BCUT2D eigenvalue weighted by molar-refractivity contribution is -0.144. The summed E-state index contributed by atoms with van der Waals surface area (Å²) in [5.41, 5.74) is 9.81. The molecule has 1 aliphatic carbocycles. The molecule has 0 spiro atoms. The first-order valence-corrected chi connectivity index (χ1v) is 9.49. The van der Waals surface area contributed by atoms with Crippen LogP contribution in [-0.4, -0.2) is 11.1 Å². The second kappa shape index (κ2) is 7.45. The standard InChI is InChI=1S/C25H23NO2/c26-25(21-14-8-3-9-15-21)17-20(18-10-4-1-5-11-18)16-22(23(25)24(27)28)19-12-6-2-7-13-19/h1-15,17,22-23H,16,26H2,(H,27,28)/t22?,23-,25-/m0/s1. The molecule has 3 atom stereocenters. The summed E-state index contributed by atoms with van der Waals surface area (Å²) in [5.74, 6) is -1.85. The fraction of sp³-hybridized carbons (Fsp3) is 0.160. The smallest absolute Gasteiger partial charge is 0.309 e. The van der Waals surface area contributed by atoms with Crippen molar-refractivity contribution < 1.29 is 9.90 Å². The maximum absolute atomic E-state index is 12.5. The van der Waals surface area contributed by atoms with Gasteiger partial charge in [-0.05, 0) is 28.7 Å². The third-order valence-corrected chi connectivity index (χ3v) is 5.68. The van der Waals surface area contributed by atoms with Crippen molar-refractivity contribution in [3.05, 3.63) is 114 Å². The molecule has 0 aliphatic heterocycles. The fourth-order valence-corrected chi connectivity index (χ4v) is 4.35. The molecule has 3 aromatic carbocycles. The van der Waals surface area contributed by atoms with Crippen LogP contribution in [0.4, 0.5) is 0 Å². The van der Waals surface area contributed by atoms with Crippen LogP contribution in [0, 0.1) is 5.92 Å². The van der Waals surface area contributed by atoms with Gasteiger partial charge in [0.25, 0.3) is 0 Å². The second-order valence-corrected chi connectivity index (χ2v) is 7.37. The number of carboxylic acids is 1. The average Bonchev–Trinajstić information content (AvgIpc) is 2.75. The van der Waals surface area contributed by atoms with Crippen LogP contribution < -0.4 is 5.73 Å². The SMILES string of the molecule is N[C@]1(c2ccccc2)C=C(c2ccccc2)CC(c2ccccc2)[C@H]1C(=O)O. The van der Waals surface area contributed by atoms with Gasteiger partial charge in [0.05, 0.1) is 11.5 Å². The number of carboxylic acid groups (broad SMARTS) is 1. The van der Waals surface area contributed by atoms with Crippen LogP contribution >= 0.6 is 0 Å². The van der Waals surface area contributed by atoms with Crippen molar-refractivity contribution in [3.63, 3.8) is 0 Å². The van der Waals surface area contributed by atoms with Crippen molar-refractivity contribution in [1.29, 1.82) is 0 Å². The monoisotopic (exact) mass is 369 g/mol. The highest BCUT2D eigenvalue weighted by Gasteiger charge is 2.48. The minimum Gasteiger partial charge on any atom is -0.481 e. The molecule has 3 heteroatoms.